The van der Waals surface area contributed by atoms with Crippen molar-refractivity contribution in [2.45, 2.75) is 6.54 Å². The maximum absolute atomic E-state index is 12.2. The van der Waals surface area contributed by atoms with E-state index in [9.17, 15) is 4.79 Å². The molecule has 24 heavy (non-hydrogen) atoms. The molecule has 0 saturated heterocycles. The van der Waals surface area contributed by atoms with Gasteiger partial charge in [-0.2, -0.15) is 0 Å². The summed E-state index contributed by atoms with van der Waals surface area (Å²) in [5, 5.41) is 5.88. The molecule has 0 atom stereocenters. The lowest BCUT2D eigenvalue weighted by molar-refractivity contribution is 0.0946. The standard InChI is InChI=1S/C17H14BrN5O/c18-13-4-1-5-14(9-13)22-17-20-8-6-15(23-17)16(24)21-11-12-3-2-7-19-10-12/h1-10H,11H2,(H,21,24)(H,20,22,23). The average molecular weight is 384 g/mol. The van der Waals surface area contributed by atoms with Crippen molar-refractivity contribution in [2.75, 3.05) is 5.32 Å². The maximum Gasteiger partial charge on any atom is 0.270 e. The second-order valence-corrected chi connectivity index (χ2v) is 5.86. The molecular formula is C17H14BrN5O. The van der Waals surface area contributed by atoms with Crippen LogP contribution in [0.2, 0.25) is 0 Å². The van der Waals surface area contributed by atoms with E-state index in [1.165, 1.54) is 0 Å². The fourth-order valence-electron chi connectivity index (χ4n) is 2.02. The Bertz CT molecular complexity index is 841. The Hall–Kier alpha value is -2.80. The Morgan fingerprint density at radius 2 is 2.04 bits per heavy atom. The number of hydrogen-bond donors (Lipinski definition) is 2. The van der Waals surface area contributed by atoms with Crippen molar-refractivity contribution in [3.63, 3.8) is 0 Å². The van der Waals surface area contributed by atoms with Gasteiger partial charge in [0.05, 0.1) is 0 Å². The van der Waals surface area contributed by atoms with Crippen LogP contribution in [0.1, 0.15) is 16.1 Å². The maximum atomic E-state index is 12.2. The molecule has 0 fully saturated rings. The van der Waals surface area contributed by atoms with Crippen molar-refractivity contribution in [3.05, 3.63) is 76.8 Å². The number of nitrogens with zero attached hydrogens (tertiary/aromatic N) is 3. The lowest BCUT2D eigenvalue weighted by Crippen LogP contribution is -2.24. The second-order valence-electron chi connectivity index (χ2n) is 4.94. The minimum Gasteiger partial charge on any atom is -0.347 e. The van der Waals surface area contributed by atoms with Crippen LogP contribution in [-0.2, 0) is 6.54 Å². The fraction of sp³-hybridized carbons (Fsp3) is 0.0588. The van der Waals surface area contributed by atoms with Gasteiger partial charge in [-0.05, 0) is 35.9 Å². The Balaban J connectivity index is 1.67. The van der Waals surface area contributed by atoms with Gasteiger partial charge in [0, 0.05) is 35.3 Å². The van der Waals surface area contributed by atoms with E-state index in [-0.39, 0.29) is 5.91 Å². The van der Waals surface area contributed by atoms with Crippen LogP contribution in [0.15, 0.2) is 65.5 Å². The zero-order chi connectivity index (χ0) is 16.8. The highest BCUT2D eigenvalue weighted by atomic mass is 79.9. The van der Waals surface area contributed by atoms with Gasteiger partial charge >= 0.3 is 0 Å². The lowest BCUT2D eigenvalue weighted by atomic mass is 10.3. The number of carbonyl (C=O) groups is 1. The van der Waals surface area contributed by atoms with E-state index in [0.717, 1.165) is 15.7 Å². The molecule has 3 aromatic rings. The SMILES string of the molecule is O=C(NCc1cccnc1)c1ccnc(Nc2cccc(Br)c2)n1. The van der Waals surface area contributed by atoms with Crippen molar-refractivity contribution in [1.82, 2.24) is 20.3 Å². The molecule has 7 heteroatoms. The van der Waals surface area contributed by atoms with Gasteiger partial charge in [-0.1, -0.05) is 28.1 Å². The van der Waals surface area contributed by atoms with Crippen LogP contribution in [0.4, 0.5) is 11.6 Å². The topological polar surface area (TPSA) is 79.8 Å². The summed E-state index contributed by atoms with van der Waals surface area (Å²) in [4.78, 5) is 24.6. The summed E-state index contributed by atoms with van der Waals surface area (Å²) in [5.41, 5.74) is 2.05. The molecule has 0 radical (unpaired) electrons. The minimum atomic E-state index is -0.265. The van der Waals surface area contributed by atoms with E-state index < -0.39 is 0 Å². The summed E-state index contributed by atoms with van der Waals surface area (Å²) in [6, 6.07) is 12.9. The van der Waals surface area contributed by atoms with Gasteiger partial charge in [-0.3, -0.25) is 9.78 Å². The number of amides is 1. The molecular weight excluding hydrogens is 370 g/mol. The highest BCUT2D eigenvalue weighted by Crippen LogP contribution is 2.18. The number of pyridine rings is 1. The Morgan fingerprint density at radius 1 is 1.12 bits per heavy atom. The summed E-state index contributed by atoms with van der Waals surface area (Å²) in [7, 11) is 0. The molecule has 3 rings (SSSR count). The molecule has 2 aromatic heterocycles. The van der Waals surface area contributed by atoms with E-state index in [0.29, 0.717) is 18.2 Å². The molecule has 1 amide bonds. The number of anilines is 2. The third kappa shape index (κ3) is 4.36. The zero-order valence-electron chi connectivity index (χ0n) is 12.6. The molecule has 2 N–H and O–H groups in total. The van der Waals surface area contributed by atoms with Crippen LogP contribution < -0.4 is 10.6 Å². The number of benzene rings is 1. The van der Waals surface area contributed by atoms with E-state index in [4.69, 9.17) is 0 Å². The molecule has 1 aromatic carbocycles. The monoisotopic (exact) mass is 383 g/mol. The lowest BCUT2D eigenvalue weighted by Gasteiger charge is -2.07. The van der Waals surface area contributed by atoms with Gasteiger partial charge in [-0.25, -0.2) is 9.97 Å². The normalized spacial score (nSPS) is 10.2. The largest absolute Gasteiger partial charge is 0.347 e. The first kappa shape index (κ1) is 16.1. The van der Waals surface area contributed by atoms with Crippen LogP contribution in [0.5, 0.6) is 0 Å². The summed E-state index contributed by atoms with van der Waals surface area (Å²) < 4.78 is 0.942. The van der Waals surface area contributed by atoms with Gasteiger partial charge in [0.2, 0.25) is 5.95 Å². The number of rotatable bonds is 5. The first-order valence-electron chi connectivity index (χ1n) is 7.23. The average Bonchev–Trinajstić information content (AvgIpc) is 2.61. The Morgan fingerprint density at radius 3 is 2.83 bits per heavy atom. The van der Waals surface area contributed by atoms with Gasteiger partial charge in [0.25, 0.3) is 5.91 Å². The smallest absolute Gasteiger partial charge is 0.270 e. The number of hydrogen-bond acceptors (Lipinski definition) is 5. The quantitative estimate of drug-likeness (QED) is 0.706. The van der Waals surface area contributed by atoms with Gasteiger partial charge in [-0.15, -0.1) is 0 Å². The Labute approximate surface area is 147 Å². The summed E-state index contributed by atoms with van der Waals surface area (Å²) in [6.07, 6.45) is 4.95. The zero-order valence-corrected chi connectivity index (χ0v) is 14.2. The van der Waals surface area contributed by atoms with Gasteiger partial charge in [0.15, 0.2) is 0 Å². The molecule has 0 aliphatic carbocycles. The third-order valence-corrected chi connectivity index (χ3v) is 3.64. The third-order valence-electron chi connectivity index (χ3n) is 3.14. The highest BCUT2D eigenvalue weighted by Gasteiger charge is 2.09. The van der Waals surface area contributed by atoms with Crippen molar-refractivity contribution >= 4 is 33.5 Å². The number of halogens is 1. The molecule has 2 heterocycles. The number of carbonyl (C=O) groups excluding carboxylic acids is 1. The molecule has 0 aliphatic rings. The Kier molecular flexibility index (Phi) is 5.12. The van der Waals surface area contributed by atoms with E-state index in [2.05, 4.69) is 41.5 Å². The summed E-state index contributed by atoms with van der Waals surface area (Å²) in [6.45, 7) is 0.394. The molecule has 0 saturated carbocycles. The molecule has 0 aliphatic heterocycles. The van der Waals surface area contributed by atoms with Crippen LogP contribution in [0, 0.1) is 0 Å². The second kappa shape index (κ2) is 7.65. The minimum absolute atomic E-state index is 0.265. The number of nitrogens with one attached hydrogen (secondary N) is 2. The van der Waals surface area contributed by atoms with Gasteiger partial charge < -0.3 is 10.6 Å². The first-order valence-corrected chi connectivity index (χ1v) is 8.03. The summed E-state index contributed by atoms with van der Waals surface area (Å²) >= 11 is 3.41. The van der Waals surface area contributed by atoms with E-state index in [1.807, 2.05) is 36.4 Å². The molecule has 0 unspecified atom stereocenters. The number of aromatic nitrogens is 3. The van der Waals surface area contributed by atoms with Crippen LogP contribution in [0.25, 0.3) is 0 Å². The summed E-state index contributed by atoms with van der Waals surface area (Å²) in [5.74, 6) is 0.0978. The predicted octanol–water partition coefficient (Wildman–Crippen LogP) is 3.31. The van der Waals surface area contributed by atoms with Crippen molar-refractivity contribution in [2.24, 2.45) is 0 Å². The predicted molar refractivity (Wildman–Crippen MR) is 94.9 cm³/mol. The van der Waals surface area contributed by atoms with Gasteiger partial charge in [0.1, 0.15) is 5.69 Å². The van der Waals surface area contributed by atoms with Crippen LogP contribution >= 0.6 is 15.9 Å². The van der Waals surface area contributed by atoms with E-state index in [1.54, 1.807) is 24.7 Å². The van der Waals surface area contributed by atoms with Crippen molar-refractivity contribution in [3.8, 4) is 0 Å². The van der Waals surface area contributed by atoms with E-state index >= 15 is 0 Å². The first-order chi connectivity index (χ1) is 11.7. The van der Waals surface area contributed by atoms with Crippen molar-refractivity contribution < 1.29 is 4.79 Å². The van der Waals surface area contributed by atoms with Crippen LogP contribution in [0.3, 0.4) is 0 Å². The fourth-order valence-corrected chi connectivity index (χ4v) is 2.42. The molecule has 0 spiro atoms. The molecule has 0 bridgehead atoms. The van der Waals surface area contributed by atoms with Crippen molar-refractivity contribution in [1.29, 1.82) is 0 Å². The van der Waals surface area contributed by atoms with Crippen LogP contribution in [-0.4, -0.2) is 20.9 Å². The highest BCUT2D eigenvalue weighted by molar-refractivity contribution is 9.10. The molecule has 6 nitrogen and oxygen atoms in total. The molecule has 120 valence electrons.